The number of H-pyrrole nitrogens is 1. The number of benzene rings is 1. The zero-order chi connectivity index (χ0) is 14.4. The molecule has 0 aliphatic carbocycles. The second-order valence-electron chi connectivity index (χ2n) is 4.32. The predicted molar refractivity (Wildman–Crippen MR) is 74.2 cm³/mol. The lowest BCUT2D eigenvalue weighted by Crippen LogP contribution is -2.27. The molecule has 1 amide bonds. The van der Waals surface area contributed by atoms with Gasteiger partial charge >= 0.3 is 0 Å². The first-order valence-electron chi connectivity index (χ1n) is 6.36. The molecule has 1 heterocycles. The van der Waals surface area contributed by atoms with Crippen LogP contribution in [0.3, 0.4) is 0 Å². The predicted octanol–water partition coefficient (Wildman–Crippen LogP) is 1.35. The van der Waals surface area contributed by atoms with Crippen molar-refractivity contribution >= 4 is 16.7 Å². The molecule has 0 aliphatic rings. The van der Waals surface area contributed by atoms with Gasteiger partial charge < -0.3 is 5.32 Å². The molecule has 6 heteroatoms. The molecule has 0 saturated heterocycles. The minimum atomic E-state index is -0.325. The van der Waals surface area contributed by atoms with Crippen molar-refractivity contribution in [3.8, 4) is 6.07 Å². The van der Waals surface area contributed by atoms with Gasteiger partial charge in [-0.15, -0.1) is 0 Å². The van der Waals surface area contributed by atoms with Crippen molar-refractivity contribution < 1.29 is 4.79 Å². The largest absolute Gasteiger partial charge is 0.351 e. The first-order valence-corrected chi connectivity index (χ1v) is 6.36. The average molecular weight is 270 g/mol. The third-order valence-electron chi connectivity index (χ3n) is 2.91. The third kappa shape index (κ3) is 3.01. The molecule has 2 aromatic rings. The molecular formula is C14H14N4O2. The standard InChI is InChI=1S/C14H14N4O2/c15-8-4-1-5-9-16-14(20)12-10-6-2-3-7-11(10)13(19)18-17-12/h2-3,6-7H,1,4-5,9H2,(H,16,20)(H,18,19). The summed E-state index contributed by atoms with van der Waals surface area (Å²) in [4.78, 5) is 23.6. The number of amides is 1. The van der Waals surface area contributed by atoms with E-state index < -0.39 is 0 Å². The molecule has 0 atom stereocenters. The van der Waals surface area contributed by atoms with Crippen LogP contribution in [0.15, 0.2) is 29.1 Å². The summed E-state index contributed by atoms with van der Waals surface area (Å²) in [6, 6.07) is 8.90. The summed E-state index contributed by atoms with van der Waals surface area (Å²) in [5.74, 6) is -0.325. The van der Waals surface area contributed by atoms with Crippen LogP contribution in [-0.4, -0.2) is 22.6 Å². The van der Waals surface area contributed by atoms with E-state index in [0.717, 1.165) is 12.8 Å². The van der Waals surface area contributed by atoms with Crippen molar-refractivity contribution in [1.82, 2.24) is 15.5 Å². The van der Waals surface area contributed by atoms with E-state index in [2.05, 4.69) is 21.6 Å². The fourth-order valence-corrected chi connectivity index (χ4v) is 1.90. The van der Waals surface area contributed by atoms with Gasteiger partial charge in [-0.05, 0) is 18.9 Å². The molecule has 0 fully saturated rings. The number of carbonyl (C=O) groups is 1. The van der Waals surface area contributed by atoms with Gasteiger partial charge in [0.2, 0.25) is 0 Å². The highest BCUT2D eigenvalue weighted by atomic mass is 16.2. The highest BCUT2D eigenvalue weighted by Crippen LogP contribution is 2.11. The van der Waals surface area contributed by atoms with E-state index in [4.69, 9.17) is 5.26 Å². The first-order chi connectivity index (χ1) is 9.74. The molecule has 20 heavy (non-hydrogen) atoms. The average Bonchev–Trinajstić information content (AvgIpc) is 2.47. The molecule has 102 valence electrons. The number of hydrogen-bond acceptors (Lipinski definition) is 4. The van der Waals surface area contributed by atoms with E-state index in [1.165, 1.54) is 0 Å². The van der Waals surface area contributed by atoms with Gasteiger partial charge in [0.15, 0.2) is 5.69 Å². The Hall–Kier alpha value is -2.68. The minimum Gasteiger partial charge on any atom is -0.351 e. The number of aromatic amines is 1. The number of aromatic nitrogens is 2. The number of nitrogens with one attached hydrogen (secondary N) is 2. The smallest absolute Gasteiger partial charge is 0.272 e. The lowest BCUT2D eigenvalue weighted by Gasteiger charge is -2.06. The Morgan fingerprint density at radius 2 is 2.05 bits per heavy atom. The van der Waals surface area contributed by atoms with Crippen molar-refractivity contribution in [1.29, 1.82) is 5.26 Å². The van der Waals surface area contributed by atoms with Crippen LogP contribution in [0.4, 0.5) is 0 Å². The van der Waals surface area contributed by atoms with Crippen molar-refractivity contribution in [2.24, 2.45) is 0 Å². The van der Waals surface area contributed by atoms with Crippen molar-refractivity contribution in [3.63, 3.8) is 0 Å². The van der Waals surface area contributed by atoms with Crippen LogP contribution in [0.2, 0.25) is 0 Å². The number of nitriles is 1. The zero-order valence-electron chi connectivity index (χ0n) is 10.8. The second kappa shape index (κ2) is 6.48. The maximum Gasteiger partial charge on any atom is 0.272 e. The Kier molecular flexibility index (Phi) is 4.45. The molecule has 6 nitrogen and oxygen atoms in total. The van der Waals surface area contributed by atoms with Crippen LogP contribution in [-0.2, 0) is 0 Å². The number of rotatable bonds is 5. The van der Waals surface area contributed by atoms with Gasteiger partial charge in [0, 0.05) is 18.4 Å². The Morgan fingerprint density at radius 1 is 1.30 bits per heavy atom. The van der Waals surface area contributed by atoms with E-state index in [9.17, 15) is 9.59 Å². The van der Waals surface area contributed by atoms with Gasteiger partial charge in [-0.1, -0.05) is 18.2 Å². The number of carbonyl (C=O) groups excluding carboxylic acids is 1. The summed E-state index contributed by atoms with van der Waals surface area (Å²) < 4.78 is 0. The Labute approximate surface area is 115 Å². The summed E-state index contributed by atoms with van der Waals surface area (Å²) >= 11 is 0. The van der Waals surface area contributed by atoms with Crippen molar-refractivity contribution in [2.45, 2.75) is 19.3 Å². The summed E-state index contributed by atoms with van der Waals surface area (Å²) in [6.45, 7) is 0.482. The molecule has 0 bridgehead atoms. The Morgan fingerprint density at radius 3 is 2.80 bits per heavy atom. The summed E-state index contributed by atoms with van der Waals surface area (Å²) in [7, 11) is 0. The SMILES string of the molecule is N#CCCCCNC(=O)c1n[nH]c(=O)c2ccccc12. The molecule has 0 saturated carbocycles. The summed E-state index contributed by atoms with van der Waals surface area (Å²) in [6.07, 6.45) is 1.97. The van der Waals surface area contributed by atoms with Gasteiger partial charge in [0.1, 0.15) is 0 Å². The van der Waals surface area contributed by atoms with Gasteiger partial charge in [0.25, 0.3) is 11.5 Å². The summed E-state index contributed by atoms with van der Waals surface area (Å²) in [5, 5.41) is 18.3. The van der Waals surface area contributed by atoms with Gasteiger partial charge in [0.05, 0.1) is 11.5 Å². The minimum absolute atomic E-state index is 0.209. The number of unbranched alkanes of at least 4 members (excludes halogenated alkanes) is 2. The maximum atomic E-state index is 12.0. The van der Waals surface area contributed by atoms with Crippen molar-refractivity contribution in [3.05, 3.63) is 40.3 Å². The highest BCUT2D eigenvalue weighted by molar-refractivity contribution is 6.04. The first kappa shape index (κ1) is 13.7. The van der Waals surface area contributed by atoms with Gasteiger partial charge in [-0.2, -0.15) is 10.4 Å². The zero-order valence-corrected chi connectivity index (χ0v) is 10.8. The van der Waals surface area contributed by atoms with Crippen LogP contribution < -0.4 is 10.9 Å². The normalized spacial score (nSPS) is 10.2. The van der Waals surface area contributed by atoms with E-state index in [-0.39, 0.29) is 17.2 Å². The lowest BCUT2D eigenvalue weighted by atomic mass is 10.1. The molecule has 0 unspecified atom stereocenters. The van der Waals surface area contributed by atoms with Gasteiger partial charge in [-0.3, -0.25) is 9.59 Å². The molecular weight excluding hydrogens is 256 g/mol. The number of nitrogens with zero attached hydrogens (tertiary/aromatic N) is 2. The third-order valence-corrected chi connectivity index (χ3v) is 2.91. The van der Waals surface area contributed by atoms with Crippen molar-refractivity contribution in [2.75, 3.05) is 6.54 Å². The van der Waals surface area contributed by atoms with Gasteiger partial charge in [-0.25, -0.2) is 5.10 Å². The van der Waals surface area contributed by atoms with Crippen LogP contribution in [0, 0.1) is 11.3 Å². The lowest BCUT2D eigenvalue weighted by molar-refractivity contribution is 0.0949. The van der Waals surface area contributed by atoms with Crippen LogP contribution >= 0.6 is 0 Å². The maximum absolute atomic E-state index is 12.0. The number of hydrogen-bond donors (Lipinski definition) is 2. The van der Waals surface area contributed by atoms with Crippen LogP contribution in [0.1, 0.15) is 29.8 Å². The molecule has 0 radical (unpaired) electrons. The molecule has 1 aromatic heterocycles. The number of fused-ring (bicyclic) bond motifs is 1. The fourth-order valence-electron chi connectivity index (χ4n) is 1.90. The molecule has 0 aliphatic heterocycles. The van der Waals surface area contributed by atoms with Crippen LogP contribution in [0.25, 0.3) is 10.8 Å². The molecule has 2 N–H and O–H groups in total. The summed E-state index contributed by atoms with van der Waals surface area (Å²) in [5.41, 5.74) is -0.105. The monoisotopic (exact) mass is 270 g/mol. The van der Waals surface area contributed by atoms with E-state index >= 15 is 0 Å². The Bertz CT molecular complexity index is 715. The van der Waals surface area contributed by atoms with E-state index in [1.54, 1.807) is 24.3 Å². The quantitative estimate of drug-likeness (QED) is 0.801. The Balaban J connectivity index is 2.13. The van der Waals surface area contributed by atoms with Crippen LogP contribution in [0.5, 0.6) is 0 Å². The second-order valence-corrected chi connectivity index (χ2v) is 4.32. The van der Waals surface area contributed by atoms with E-state index in [0.29, 0.717) is 23.7 Å². The topological polar surface area (TPSA) is 98.6 Å². The molecule has 1 aromatic carbocycles. The fraction of sp³-hybridized carbons (Fsp3) is 0.286. The molecule has 2 rings (SSSR count). The van der Waals surface area contributed by atoms with E-state index in [1.807, 2.05) is 0 Å². The molecule has 0 spiro atoms. The highest BCUT2D eigenvalue weighted by Gasteiger charge is 2.12.